The molecule has 2 aromatic rings. The van der Waals surface area contributed by atoms with Crippen LogP contribution >= 0.6 is 0 Å². The van der Waals surface area contributed by atoms with Crippen LogP contribution in [0.15, 0.2) is 36.4 Å². The number of carbonyl (C=O) groups is 2. The molecule has 2 fully saturated rings. The zero-order valence-corrected chi connectivity index (χ0v) is 20.7. The molecule has 1 spiro atoms. The number of aliphatic hydroxyl groups is 1. The molecule has 2 aromatic carbocycles. The van der Waals surface area contributed by atoms with Crippen molar-refractivity contribution in [3.8, 4) is 23.3 Å². The van der Waals surface area contributed by atoms with Crippen LogP contribution in [0.3, 0.4) is 0 Å². The summed E-state index contributed by atoms with van der Waals surface area (Å²) in [5, 5.41) is 22.8. The molecule has 6 rings (SSSR count). The number of alkyl halides is 3. The summed E-state index contributed by atoms with van der Waals surface area (Å²) in [6.45, 7) is 0.519. The number of halogens is 3. The Morgan fingerprint density at radius 2 is 1.89 bits per heavy atom. The predicted molar refractivity (Wildman–Crippen MR) is 129 cm³/mol. The van der Waals surface area contributed by atoms with Crippen LogP contribution in [0.5, 0.6) is 11.5 Å². The van der Waals surface area contributed by atoms with Crippen molar-refractivity contribution in [2.24, 2.45) is 0 Å². The van der Waals surface area contributed by atoms with E-state index in [4.69, 9.17) is 4.74 Å². The predicted octanol–water partition coefficient (Wildman–Crippen LogP) is 2.71. The van der Waals surface area contributed by atoms with Crippen molar-refractivity contribution in [3.63, 3.8) is 0 Å². The summed E-state index contributed by atoms with van der Waals surface area (Å²) in [5.41, 5.74) is -2.05. The maximum atomic E-state index is 13.5. The standard InChI is InChI=1S/C28H25F3N2O5/c1-32-14-13-26-21-17-8-9-19(34)23(21)38-25(26)18(11-12-27(26,37)24(32)22(17)36)33(2)20(35)10-5-15-3-6-16(7-4-15)28(29,30)31/h3-4,6-9,18,24-25,34,37H,11-14H2,1-2H3/t18-,24+,25-,26-,27+/m0/s1. The second kappa shape index (κ2) is 7.98. The Morgan fingerprint density at radius 1 is 1.18 bits per heavy atom. The van der Waals surface area contributed by atoms with Crippen LogP contribution < -0.4 is 4.74 Å². The van der Waals surface area contributed by atoms with E-state index in [0.717, 1.165) is 12.1 Å². The van der Waals surface area contributed by atoms with Gasteiger partial charge in [0.25, 0.3) is 5.91 Å². The number of ketones is 1. The lowest BCUT2D eigenvalue weighted by Crippen LogP contribution is -2.79. The minimum absolute atomic E-state index is 0.130. The van der Waals surface area contributed by atoms with E-state index in [1.807, 2.05) is 11.9 Å². The first-order valence-corrected chi connectivity index (χ1v) is 12.4. The maximum absolute atomic E-state index is 13.5. The number of aromatic hydroxyl groups is 1. The molecule has 1 saturated heterocycles. The van der Waals surface area contributed by atoms with Crippen LogP contribution in [0.2, 0.25) is 0 Å². The first kappa shape index (κ1) is 24.8. The largest absolute Gasteiger partial charge is 0.504 e. The molecule has 0 unspecified atom stereocenters. The fraction of sp³-hybridized carbons (Fsp3) is 0.429. The number of amides is 1. The van der Waals surface area contributed by atoms with E-state index in [9.17, 15) is 33.0 Å². The van der Waals surface area contributed by atoms with Crippen LogP contribution in [0, 0.1) is 11.8 Å². The quantitative estimate of drug-likeness (QED) is 0.556. The molecule has 5 atom stereocenters. The summed E-state index contributed by atoms with van der Waals surface area (Å²) in [6.07, 6.45) is -4.16. The van der Waals surface area contributed by atoms with E-state index in [1.54, 1.807) is 13.1 Å². The molecule has 2 aliphatic carbocycles. The van der Waals surface area contributed by atoms with Crippen molar-refractivity contribution in [2.75, 3.05) is 20.6 Å². The van der Waals surface area contributed by atoms with Gasteiger partial charge in [0, 0.05) is 29.7 Å². The number of nitrogens with zero attached hydrogens (tertiary/aromatic N) is 2. The lowest BCUT2D eigenvalue weighted by Gasteiger charge is -2.63. The van der Waals surface area contributed by atoms with Crippen LogP contribution in [0.4, 0.5) is 13.2 Å². The Kier molecular flexibility index (Phi) is 5.20. The van der Waals surface area contributed by atoms with E-state index >= 15 is 0 Å². The molecule has 2 N–H and O–H groups in total. The van der Waals surface area contributed by atoms with Crippen LogP contribution in [-0.2, 0) is 16.4 Å². The zero-order chi connectivity index (χ0) is 27.2. The van der Waals surface area contributed by atoms with Gasteiger partial charge in [0.15, 0.2) is 17.3 Å². The highest BCUT2D eigenvalue weighted by Crippen LogP contribution is 2.65. The van der Waals surface area contributed by atoms with E-state index in [0.29, 0.717) is 30.5 Å². The molecule has 0 radical (unpaired) electrons. The first-order chi connectivity index (χ1) is 17.9. The minimum atomic E-state index is -4.46. The Hall–Kier alpha value is -3.55. The van der Waals surface area contributed by atoms with Gasteiger partial charge in [-0.05, 0) is 69.3 Å². The van der Waals surface area contributed by atoms with Gasteiger partial charge in [0.2, 0.25) is 0 Å². The van der Waals surface area contributed by atoms with Crippen molar-refractivity contribution in [2.45, 2.75) is 54.6 Å². The Labute approximate surface area is 216 Å². The number of carbonyl (C=O) groups excluding carboxylic acids is 2. The molecule has 2 heterocycles. The molecule has 38 heavy (non-hydrogen) atoms. The van der Waals surface area contributed by atoms with Crippen molar-refractivity contribution in [3.05, 3.63) is 58.7 Å². The maximum Gasteiger partial charge on any atom is 0.416 e. The summed E-state index contributed by atoms with van der Waals surface area (Å²) in [5.74, 6) is 4.41. The number of Topliss-reactive ketones (excluding diaryl/α,β-unsaturated/α-hetero) is 1. The number of likely N-dealkylation sites (tertiary alicyclic amines) is 1. The van der Waals surface area contributed by atoms with Gasteiger partial charge in [-0.25, -0.2) is 0 Å². The summed E-state index contributed by atoms with van der Waals surface area (Å²) >= 11 is 0. The summed E-state index contributed by atoms with van der Waals surface area (Å²) in [4.78, 5) is 29.9. The van der Waals surface area contributed by atoms with Crippen LogP contribution in [0.1, 0.15) is 46.3 Å². The molecule has 4 aliphatic rings. The molecule has 2 aliphatic heterocycles. The number of hydrogen-bond acceptors (Lipinski definition) is 6. The third-order valence-corrected chi connectivity index (χ3v) is 8.87. The van der Waals surface area contributed by atoms with E-state index < -0.39 is 46.9 Å². The number of likely N-dealkylation sites (N-methyl/N-ethyl adjacent to an activating group) is 2. The number of benzene rings is 2. The van der Waals surface area contributed by atoms with Gasteiger partial charge >= 0.3 is 6.18 Å². The summed E-state index contributed by atoms with van der Waals surface area (Å²) in [7, 11) is 3.38. The molecule has 1 saturated carbocycles. The average Bonchev–Trinajstić information content (AvgIpc) is 3.22. The van der Waals surface area contributed by atoms with Crippen molar-refractivity contribution >= 4 is 11.7 Å². The van der Waals surface area contributed by atoms with Crippen LogP contribution in [0.25, 0.3) is 0 Å². The average molecular weight is 527 g/mol. The first-order valence-electron chi connectivity index (χ1n) is 12.4. The molecule has 0 aromatic heterocycles. The van der Waals surface area contributed by atoms with Crippen molar-refractivity contribution in [1.82, 2.24) is 9.80 Å². The van der Waals surface area contributed by atoms with Gasteiger partial charge in [0.05, 0.1) is 17.0 Å². The van der Waals surface area contributed by atoms with Crippen molar-refractivity contribution in [1.29, 1.82) is 0 Å². The lowest BCUT2D eigenvalue weighted by atomic mass is 9.48. The molecule has 198 valence electrons. The fourth-order valence-corrected chi connectivity index (χ4v) is 7.10. The normalized spacial score (nSPS) is 31.1. The SMILES string of the molecule is CN1CC[C@]23c4c5ccc(O)c4O[C@H]2[C@@H](N(C)C(=O)C#Cc2ccc(C(F)(F)F)cc2)CC[C@@]3(O)[C@H]1C5=O. The van der Waals surface area contributed by atoms with Crippen molar-refractivity contribution < 1.29 is 37.7 Å². The number of rotatable bonds is 1. The Morgan fingerprint density at radius 3 is 2.58 bits per heavy atom. The van der Waals surface area contributed by atoms with Crippen LogP contribution in [-0.4, -0.2) is 76.1 Å². The van der Waals surface area contributed by atoms with Gasteiger partial charge in [-0.3, -0.25) is 14.5 Å². The monoisotopic (exact) mass is 526 g/mol. The van der Waals surface area contributed by atoms with Gasteiger partial charge in [-0.1, -0.05) is 5.92 Å². The third kappa shape index (κ3) is 3.12. The van der Waals surface area contributed by atoms with Gasteiger partial charge in [-0.15, -0.1) is 0 Å². The Bertz CT molecular complexity index is 1430. The molecule has 10 heteroatoms. The summed E-state index contributed by atoms with van der Waals surface area (Å²) < 4.78 is 44.8. The number of piperidine rings is 1. The number of phenolic OH excluding ortho intramolecular Hbond substituents is 1. The van der Waals surface area contributed by atoms with E-state index in [2.05, 4.69) is 11.8 Å². The molecular formula is C28H25F3N2O5. The Balaban J connectivity index is 1.35. The minimum Gasteiger partial charge on any atom is -0.504 e. The highest BCUT2D eigenvalue weighted by Gasteiger charge is 2.75. The van der Waals surface area contributed by atoms with Gasteiger partial charge < -0.3 is 19.8 Å². The number of phenols is 1. The highest BCUT2D eigenvalue weighted by atomic mass is 19.4. The third-order valence-electron chi connectivity index (χ3n) is 8.87. The summed E-state index contributed by atoms with van der Waals surface area (Å²) in [6, 6.07) is 5.93. The smallest absolute Gasteiger partial charge is 0.416 e. The number of hydrogen-bond donors (Lipinski definition) is 2. The van der Waals surface area contributed by atoms with Gasteiger partial charge in [-0.2, -0.15) is 13.2 Å². The zero-order valence-electron chi connectivity index (χ0n) is 20.7. The molecular weight excluding hydrogens is 501 g/mol. The van der Waals surface area contributed by atoms with Gasteiger partial charge in [0.1, 0.15) is 17.7 Å². The highest BCUT2D eigenvalue weighted by molar-refractivity contribution is 6.06. The second-order valence-electron chi connectivity index (χ2n) is 10.6. The molecule has 2 bridgehead atoms. The number of ether oxygens (including phenoxy) is 1. The molecule has 7 nitrogen and oxygen atoms in total. The van der Waals surface area contributed by atoms with E-state index in [-0.39, 0.29) is 29.3 Å². The topological polar surface area (TPSA) is 90.3 Å². The second-order valence-corrected chi connectivity index (χ2v) is 10.6. The molecule has 1 amide bonds. The van der Waals surface area contributed by atoms with E-state index in [1.165, 1.54) is 23.1 Å². The fourth-order valence-electron chi connectivity index (χ4n) is 7.10. The lowest BCUT2D eigenvalue weighted by molar-refractivity contribution is -0.183.